The molecular weight excluding hydrogens is 237 g/mol. The van der Waals surface area contributed by atoms with Crippen LogP contribution in [0.3, 0.4) is 0 Å². The molecule has 6 heteroatoms. The molecule has 0 saturated heterocycles. The minimum Gasteiger partial charge on any atom is -0.494 e. The lowest BCUT2D eigenvalue weighted by Gasteiger charge is -2.13. The summed E-state index contributed by atoms with van der Waals surface area (Å²) < 4.78 is 23.0. The van der Waals surface area contributed by atoms with Crippen LogP contribution in [0.2, 0.25) is 0 Å². The summed E-state index contributed by atoms with van der Waals surface area (Å²) >= 11 is 0. The van der Waals surface area contributed by atoms with Gasteiger partial charge in [0.2, 0.25) is 6.39 Å². The van der Waals surface area contributed by atoms with E-state index in [4.69, 9.17) is 4.74 Å². The predicted molar refractivity (Wildman–Crippen MR) is 62.5 cm³/mol. The number of ether oxygens (including phenoxy) is 1. The van der Waals surface area contributed by atoms with Crippen molar-refractivity contribution in [1.29, 1.82) is 0 Å². The smallest absolute Gasteiger partial charge is 0.213 e. The van der Waals surface area contributed by atoms with Gasteiger partial charge in [-0.15, -0.1) is 0 Å². The molecule has 1 heterocycles. The number of benzene rings is 1. The summed E-state index contributed by atoms with van der Waals surface area (Å²) in [5.74, 6) is 0.433. The third-order valence-corrected chi connectivity index (χ3v) is 2.65. The number of rotatable bonds is 5. The zero-order valence-electron chi connectivity index (χ0n) is 10.2. The molecule has 1 atom stereocenters. The molecule has 0 bridgehead atoms. The average Bonchev–Trinajstić information content (AvgIpc) is 2.89. The van der Waals surface area contributed by atoms with Gasteiger partial charge in [0.1, 0.15) is 0 Å². The zero-order chi connectivity index (χ0) is 13.0. The molecule has 1 unspecified atom stereocenters. The maximum atomic E-state index is 13.5. The van der Waals surface area contributed by atoms with Gasteiger partial charge in [-0.05, 0) is 24.6 Å². The van der Waals surface area contributed by atoms with E-state index in [0.29, 0.717) is 12.4 Å². The van der Waals surface area contributed by atoms with Gasteiger partial charge >= 0.3 is 0 Å². The number of nitrogens with one attached hydrogen (secondary N) is 1. The Balaban J connectivity index is 2.00. The second-order valence-corrected chi connectivity index (χ2v) is 3.84. The largest absolute Gasteiger partial charge is 0.494 e. The Morgan fingerprint density at radius 1 is 1.50 bits per heavy atom. The van der Waals surface area contributed by atoms with E-state index >= 15 is 0 Å². The highest BCUT2D eigenvalue weighted by atomic mass is 19.1. The van der Waals surface area contributed by atoms with E-state index in [9.17, 15) is 4.39 Å². The number of aromatic nitrogens is 2. The van der Waals surface area contributed by atoms with Crippen LogP contribution in [0.5, 0.6) is 5.75 Å². The van der Waals surface area contributed by atoms with Crippen LogP contribution in [0.15, 0.2) is 29.1 Å². The second kappa shape index (κ2) is 5.59. The van der Waals surface area contributed by atoms with Gasteiger partial charge in [-0.25, -0.2) is 4.39 Å². The summed E-state index contributed by atoms with van der Waals surface area (Å²) in [5, 5.41) is 6.86. The molecule has 0 amide bonds. The van der Waals surface area contributed by atoms with Gasteiger partial charge < -0.3 is 14.6 Å². The first-order valence-corrected chi connectivity index (χ1v) is 5.52. The normalized spacial score (nSPS) is 12.4. The van der Waals surface area contributed by atoms with E-state index in [1.807, 2.05) is 13.0 Å². The molecule has 18 heavy (non-hydrogen) atoms. The number of nitrogens with zero attached hydrogens (tertiary/aromatic N) is 2. The molecule has 0 fully saturated rings. The van der Waals surface area contributed by atoms with Gasteiger partial charge in [0, 0.05) is 6.04 Å². The van der Waals surface area contributed by atoms with E-state index in [0.717, 1.165) is 5.56 Å². The molecule has 0 aliphatic rings. The summed E-state index contributed by atoms with van der Waals surface area (Å²) in [5.41, 5.74) is 0.830. The molecule has 2 rings (SSSR count). The molecule has 0 aliphatic carbocycles. The molecule has 0 aliphatic heterocycles. The van der Waals surface area contributed by atoms with Crippen LogP contribution in [0.1, 0.15) is 24.4 Å². The maximum Gasteiger partial charge on any atom is 0.213 e. The van der Waals surface area contributed by atoms with Crippen LogP contribution in [-0.4, -0.2) is 17.3 Å². The fourth-order valence-electron chi connectivity index (χ4n) is 1.58. The number of hydrogen-bond donors (Lipinski definition) is 1. The van der Waals surface area contributed by atoms with Crippen molar-refractivity contribution in [3.8, 4) is 5.75 Å². The van der Waals surface area contributed by atoms with Crippen molar-refractivity contribution in [2.45, 2.75) is 19.5 Å². The Hall–Kier alpha value is -1.95. The Morgan fingerprint density at radius 2 is 2.33 bits per heavy atom. The van der Waals surface area contributed by atoms with Gasteiger partial charge in [-0.1, -0.05) is 11.2 Å². The SMILES string of the molecule is COc1ccc(C(C)NCc2ncon2)cc1F. The summed E-state index contributed by atoms with van der Waals surface area (Å²) in [6.45, 7) is 2.40. The Labute approximate surface area is 104 Å². The fourth-order valence-corrected chi connectivity index (χ4v) is 1.58. The van der Waals surface area contributed by atoms with Crippen molar-refractivity contribution in [3.05, 3.63) is 41.8 Å². The van der Waals surface area contributed by atoms with E-state index in [-0.39, 0.29) is 17.6 Å². The first-order chi connectivity index (χ1) is 8.70. The molecule has 0 spiro atoms. The lowest BCUT2D eigenvalue weighted by atomic mass is 10.1. The second-order valence-electron chi connectivity index (χ2n) is 3.84. The molecule has 1 aromatic heterocycles. The Bertz CT molecular complexity index is 502. The fraction of sp³-hybridized carbons (Fsp3) is 0.333. The standard InChI is InChI=1S/C12H14FN3O2/c1-8(14-6-12-15-7-18-16-12)9-3-4-11(17-2)10(13)5-9/h3-5,7-8,14H,6H2,1-2H3. The summed E-state index contributed by atoms with van der Waals surface area (Å²) in [6, 6.07) is 4.85. The number of halogens is 1. The maximum absolute atomic E-state index is 13.5. The first-order valence-electron chi connectivity index (χ1n) is 5.52. The quantitative estimate of drug-likeness (QED) is 0.881. The van der Waals surface area contributed by atoms with Crippen molar-refractivity contribution in [3.63, 3.8) is 0 Å². The van der Waals surface area contributed by atoms with Crippen molar-refractivity contribution < 1.29 is 13.7 Å². The molecule has 5 nitrogen and oxygen atoms in total. The van der Waals surface area contributed by atoms with E-state index in [1.54, 1.807) is 6.07 Å². The molecule has 96 valence electrons. The predicted octanol–water partition coefficient (Wildman–Crippen LogP) is 2.07. The molecular formula is C12H14FN3O2. The van der Waals surface area contributed by atoms with Crippen molar-refractivity contribution in [2.75, 3.05) is 7.11 Å². The van der Waals surface area contributed by atoms with Gasteiger partial charge in [-0.3, -0.25) is 0 Å². The van der Waals surface area contributed by atoms with Crippen LogP contribution in [0.4, 0.5) is 4.39 Å². The molecule has 0 radical (unpaired) electrons. The van der Waals surface area contributed by atoms with Crippen molar-refractivity contribution in [1.82, 2.24) is 15.5 Å². The van der Waals surface area contributed by atoms with E-state index in [1.165, 1.54) is 19.6 Å². The van der Waals surface area contributed by atoms with Crippen molar-refractivity contribution >= 4 is 0 Å². The third kappa shape index (κ3) is 2.84. The zero-order valence-corrected chi connectivity index (χ0v) is 10.2. The average molecular weight is 251 g/mol. The Morgan fingerprint density at radius 3 is 2.94 bits per heavy atom. The molecule has 2 aromatic rings. The van der Waals surface area contributed by atoms with Gasteiger partial charge in [0.15, 0.2) is 17.4 Å². The highest BCUT2D eigenvalue weighted by Crippen LogP contribution is 2.21. The van der Waals surface area contributed by atoms with Crippen LogP contribution < -0.4 is 10.1 Å². The molecule has 0 saturated carbocycles. The monoisotopic (exact) mass is 251 g/mol. The summed E-state index contributed by atoms with van der Waals surface area (Å²) in [4.78, 5) is 3.89. The third-order valence-electron chi connectivity index (χ3n) is 2.65. The van der Waals surface area contributed by atoms with Crippen LogP contribution in [0.25, 0.3) is 0 Å². The van der Waals surface area contributed by atoms with E-state index < -0.39 is 0 Å². The van der Waals surface area contributed by atoms with Crippen LogP contribution in [0, 0.1) is 5.82 Å². The summed E-state index contributed by atoms with van der Waals surface area (Å²) in [6.07, 6.45) is 1.27. The van der Waals surface area contributed by atoms with Crippen LogP contribution in [-0.2, 0) is 6.54 Å². The first kappa shape index (κ1) is 12.5. The lowest BCUT2D eigenvalue weighted by molar-refractivity contribution is 0.385. The number of hydrogen-bond acceptors (Lipinski definition) is 5. The topological polar surface area (TPSA) is 60.2 Å². The van der Waals surface area contributed by atoms with E-state index in [2.05, 4.69) is 20.0 Å². The van der Waals surface area contributed by atoms with Crippen molar-refractivity contribution in [2.24, 2.45) is 0 Å². The highest BCUT2D eigenvalue weighted by Gasteiger charge is 2.10. The molecule has 1 N–H and O–H groups in total. The number of methoxy groups -OCH3 is 1. The van der Waals surface area contributed by atoms with Crippen LogP contribution >= 0.6 is 0 Å². The lowest BCUT2D eigenvalue weighted by Crippen LogP contribution is -2.19. The minimum atomic E-state index is -0.372. The van der Waals surface area contributed by atoms with Gasteiger partial charge in [-0.2, -0.15) is 4.98 Å². The minimum absolute atomic E-state index is 0.0242. The summed E-state index contributed by atoms with van der Waals surface area (Å²) in [7, 11) is 1.44. The Kier molecular flexibility index (Phi) is 3.88. The molecule has 1 aromatic carbocycles. The van der Waals surface area contributed by atoms with Gasteiger partial charge in [0.05, 0.1) is 13.7 Å². The highest BCUT2D eigenvalue weighted by molar-refractivity contribution is 5.30. The van der Waals surface area contributed by atoms with Gasteiger partial charge in [0.25, 0.3) is 0 Å².